The molecule has 10 unspecified atom stereocenters. The summed E-state index contributed by atoms with van der Waals surface area (Å²) in [5.41, 5.74) is 11.5. The first kappa shape index (κ1) is 31.4. The third-order valence-electron chi connectivity index (χ3n) is 7.72. The van der Waals surface area contributed by atoms with Gasteiger partial charge in [0.1, 0.15) is 48.5 Å². The van der Waals surface area contributed by atoms with Gasteiger partial charge in [-0.2, -0.15) is 4.98 Å². The van der Waals surface area contributed by atoms with E-state index >= 15 is 0 Å². The summed E-state index contributed by atoms with van der Waals surface area (Å²) in [6.45, 7) is -0.921. The Morgan fingerprint density at radius 1 is 0.978 bits per heavy atom. The van der Waals surface area contributed by atoms with Crippen LogP contribution in [-0.2, 0) is 32.1 Å². The number of nitrogens with one attached hydrogen (secondary N) is 1. The Morgan fingerprint density at radius 3 is 2.46 bits per heavy atom. The van der Waals surface area contributed by atoms with Crippen molar-refractivity contribution in [2.24, 2.45) is 0 Å². The number of anilines is 2. The van der Waals surface area contributed by atoms with Crippen molar-refractivity contribution < 1.29 is 47.2 Å². The molecule has 7 rings (SSSR count). The highest BCUT2D eigenvalue weighted by Gasteiger charge is 2.53. The van der Waals surface area contributed by atoms with Crippen molar-refractivity contribution in [2.45, 2.75) is 49.1 Å². The van der Waals surface area contributed by atoms with Gasteiger partial charge >= 0.3 is 16.3 Å². The maximum atomic E-state index is 14.2. The van der Waals surface area contributed by atoms with Crippen LogP contribution in [0.4, 0.5) is 11.8 Å². The van der Waals surface area contributed by atoms with Crippen LogP contribution in [-0.4, -0.2) is 123 Å². The summed E-state index contributed by atoms with van der Waals surface area (Å²) in [6.07, 6.45) is -6.55. The summed E-state index contributed by atoms with van der Waals surface area (Å²) in [7, 11) is -4.13. The van der Waals surface area contributed by atoms with E-state index in [4.69, 9.17) is 39.0 Å². The van der Waals surface area contributed by atoms with Gasteiger partial charge in [-0.25, -0.2) is 29.2 Å². The number of hydrogen-bond donors (Lipinski definition) is 6. The summed E-state index contributed by atoms with van der Waals surface area (Å²) in [4.78, 5) is 46.0. The molecule has 0 saturated carbocycles. The van der Waals surface area contributed by atoms with Crippen molar-refractivity contribution in [3.05, 3.63) is 29.3 Å². The highest BCUT2D eigenvalue weighted by atomic mass is 31.2. The molecular formula is C22H29N11O11P2. The fourth-order valence-electron chi connectivity index (χ4n) is 5.43. The molecule has 3 fully saturated rings. The lowest BCUT2D eigenvalue weighted by molar-refractivity contribution is -0.0623. The van der Waals surface area contributed by atoms with E-state index < -0.39 is 84.2 Å². The van der Waals surface area contributed by atoms with Crippen molar-refractivity contribution in [1.82, 2.24) is 43.7 Å². The number of nitrogen functional groups attached to an aromatic ring is 2. The first-order valence-electron chi connectivity index (χ1n) is 13.7. The number of imidazole rings is 2. The number of H-pyrrole nitrogens is 1. The third kappa shape index (κ3) is 5.25. The number of aliphatic hydroxyl groups excluding tert-OH is 2. The molecule has 4 aromatic heterocycles. The number of aromatic nitrogens is 8. The zero-order chi connectivity index (χ0) is 32.5. The van der Waals surface area contributed by atoms with E-state index in [1.165, 1.54) is 46.9 Å². The second kappa shape index (κ2) is 11.8. The van der Waals surface area contributed by atoms with Gasteiger partial charge < -0.3 is 45.1 Å². The summed E-state index contributed by atoms with van der Waals surface area (Å²) in [5, 5.41) is 22.6. The molecule has 46 heavy (non-hydrogen) atoms. The van der Waals surface area contributed by atoms with Crippen LogP contribution in [0.15, 0.2) is 23.8 Å². The lowest BCUT2D eigenvalue weighted by Gasteiger charge is -2.31. The van der Waals surface area contributed by atoms with E-state index in [1.807, 2.05) is 0 Å². The molecule has 3 aliphatic heterocycles. The topological polar surface area (TPSA) is 296 Å². The van der Waals surface area contributed by atoms with E-state index in [0.717, 1.165) is 0 Å². The molecule has 8 N–H and O–H groups in total. The van der Waals surface area contributed by atoms with Crippen molar-refractivity contribution in [3.8, 4) is 0 Å². The molecule has 0 aliphatic carbocycles. The van der Waals surface area contributed by atoms with Crippen LogP contribution in [0.3, 0.4) is 0 Å². The smallest absolute Gasteiger partial charge is 0.387 e. The number of fused-ring (bicyclic) bond motifs is 5. The Balaban J connectivity index is 1.22. The van der Waals surface area contributed by atoms with Gasteiger partial charge in [-0.3, -0.25) is 28.0 Å². The van der Waals surface area contributed by atoms with E-state index in [2.05, 4.69) is 29.9 Å². The number of nitrogens with two attached hydrogens (primary N) is 2. The summed E-state index contributed by atoms with van der Waals surface area (Å²) in [5.74, 6) is -0.0873. The van der Waals surface area contributed by atoms with Gasteiger partial charge in [-0.15, -0.1) is 0 Å². The molecule has 22 nitrogen and oxygen atoms in total. The van der Waals surface area contributed by atoms with Crippen molar-refractivity contribution in [1.29, 1.82) is 0 Å². The zero-order valence-electron chi connectivity index (χ0n) is 24.0. The van der Waals surface area contributed by atoms with Crippen LogP contribution in [0.2, 0.25) is 0 Å². The van der Waals surface area contributed by atoms with Gasteiger partial charge in [0.25, 0.3) is 5.56 Å². The molecule has 4 aromatic rings. The molecule has 248 valence electrons. The predicted octanol–water partition coefficient (Wildman–Crippen LogP) is -1.65. The molecule has 24 heteroatoms. The molecule has 0 spiro atoms. The normalized spacial score (nSPS) is 35.7. The number of hydrogen-bond acceptors (Lipinski definition) is 18. The zero-order valence-corrected chi connectivity index (χ0v) is 25.8. The van der Waals surface area contributed by atoms with Gasteiger partial charge in [-0.1, -0.05) is 0 Å². The maximum absolute atomic E-state index is 14.2. The Bertz CT molecular complexity index is 1870. The fourth-order valence-corrected chi connectivity index (χ4v) is 7.58. The van der Waals surface area contributed by atoms with Gasteiger partial charge in [0.2, 0.25) is 5.95 Å². The van der Waals surface area contributed by atoms with Crippen LogP contribution >= 0.6 is 16.3 Å². The van der Waals surface area contributed by atoms with Crippen LogP contribution < -0.4 is 17.0 Å². The minimum atomic E-state index is -4.29. The highest BCUT2D eigenvalue weighted by molar-refractivity contribution is 7.51. The first-order chi connectivity index (χ1) is 21.9. The molecule has 3 aliphatic rings. The standard InChI is InChI=1S/C22H29N11O11P2/c1-31(2)46(38)40-4-9-14(13(35)20(42-9)32-6-27-10-16(23)25-5-26-17(10)32)43-45(37)39-3-8-12(34)15(44-46)21(41-8)33-7-28-11-18(33)29-22(24)30-19(11)36/h5-9,12-15,20-21,34-35,37H,3-4H2,1-2H3,(H2,23,25,26)(H3,24,29,30,36). The minimum absolute atomic E-state index is 0.00404. The predicted molar refractivity (Wildman–Crippen MR) is 154 cm³/mol. The lowest BCUT2D eigenvalue weighted by Crippen LogP contribution is -2.37. The monoisotopic (exact) mass is 685 g/mol. The maximum Gasteiger partial charge on any atom is 0.408 e. The average molecular weight is 685 g/mol. The Kier molecular flexibility index (Phi) is 8.03. The quantitative estimate of drug-likeness (QED) is 0.132. The largest absolute Gasteiger partial charge is 0.408 e. The van der Waals surface area contributed by atoms with Gasteiger partial charge in [0.05, 0.1) is 25.9 Å². The molecule has 0 amide bonds. The van der Waals surface area contributed by atoms with Crippen molar-refractivity contribution in [3.63, 3.8) is 0 Å². The summed E-state index contributed by atoms with van der Waals surface area (Å²) >= 11 is 0. The number of rotatable bonds is 3. The highest BCUT2D eigenvalue weighted by Crippen LogP contribution is 2.55. The molecule has 10 atom stereocenters. The molecule has 2 bridgehead atoms. The number of nitrogens with zero attached hydrogens (tertiary/aromatic N) is 8. The number of aromatic amines is 1. The Morgan fingerprint density at radius 2 is 1.70 bits per heavy atom. The number of aliphatic hydroxyl groups is 2. The van der Waals surface area contributed by atoms with E-state index in [0.29, 0.717) is 0 Å². The van der Waals surface area contributed by atoms with E-state index in [1.54, 1.807) is 0 Å². The Hall–Kier alpha value is -3.24. The van der Waals surface area contributed by atoms with Gasteiger partial charge in [-0.05, 0) is 14.1 Å². The summed E-state index contributed by atoms with van der Waals surface area (Å²) in [6, 6.07) is 0. The van der Waals surface area contributed by atoms with Crippen LogP contribution in [0, 0.1) is 0 Å². The van der Waals surface area contributed by atoms with Crippen LogP contribution in [0.25, 0.3) is 22.3 Å². The van der Waals surface area contributed by atoms with E-state index in [9.17, 15) is 24.5 Å². The van der Waals surface area contributed by atoms with Crippen LogP contribution in [0.1, 0.15) is 12.5 Å². The van der Waals surface area contributed by atoms with E-state index in [-0.39, 0.29) is 34.1 Å². The van der Waals surface area contributed by atoms with Crippen molar-refractivity contribution >= 4 is 50.4 Å². The molecule has 3 saturated heterocycles. The second-order valence-electron chi connectivity index (χ2n) is 10.8. The van der Waals surface area contributed by atoms with Crippen molar-refractivity contribution in [2.75, 3.05) is 38.8 Å². The Labute approximate surface area is 258 Å². The van der Waals surface area contributed by atoms with Gasteiger partial charge in [0.15, 0.2) is 35.1 Å². The molecule has 7 heterocycles. The lowest BCUT2D eigenvalue weighted by atomic mass is 10.1. The fraction of sp³-hybridized carbons (Fsp3) is 0.545. The first-order valence-corrected chi connectivity index (χ1v) is 16.3. The SMILES string of the molecule is CN(C)P1(=O)OCC2OC(n3cnc4c(N)ncnc43)C(O)C2OP(O)OCC2OC(n3cnc4c(=O)[nH]c(N)nc43)C(O1)C2O. The molecule has 0 radical (unpaired) electrons. The second-order valence-corrected chi connectivity index (χ2v) is 13.9. The third-order valence-corrected chi connectivity index (χ3v) is 10.5. The minimum Gasteiger partial charge on any atom is -0.387 e. The number of ether oxygens (including phenoxy) is 2. The van der Waals surface area contributed by atoms with Gasteiger partial charge in [0, 0.05) is 0 Å². The van der Waals surface area contributed by atoms with Crippen LogP contribution in [0.5, 0.6) is 0 Å². The molecule has 0 aromatic carbocycles. The molecular weight excluding hydrogens is 656 g/mol. The summed E-state index contributed by atoms with van der Waals surface area (Å²) < 4.78 is 53.3. The average Bonchev–Trinajstić information content (AvgIpc) is 3.76.